The van der Waals surface area contributed by atoms with Crippen molar-refractivity contribution >= 4 is 33.5 Å². The molecule has 0 fully saturated rings. The minimum atomic E-state index is -0.733. The van der Waals surface area contributed by atoms with E-state index in [9.17, 15) is 14.5 Å². The van der Waals surface area contributed by atoms with Crippen LogP contribution < -0.4 is 4.74 Å². The smallest absolute Gasteiger partial charge is 0.406 e. The summed E-state index contributed by atoms with van der Waals surface area (Å²) in [7, 11) is 0. The average molecular weight is 533 g/mol. The lowest BCUT2D eigenvalue weighted by molar-refractivity contribution is -0.390. The molecule has 0 saturated carbocycles. The Morgan fingerprint density at radius 3 is 2.85 bits per heavy atom. The Labute approximate surface area is 200 Å². The Bertz CT molecular complexity index is 1310. The van der Waals surface area contributed by atoms with E-state index in [1.807, 2.05) is 17.8 Å². The molecule has 0 aliphatic rings. The molecule has 4 rings (SSSR count). The first-order valence-electron chi connectivity index (χ1n) is 9.94. The number of rotatable bonds is 8. The molecule has 3 aromatic heterocycles. The molecule has 170 valence electrons. The van der Waals surface area contributed by atoms with Crippen molar-refractivity contribution in [1.82, 2.24) is 23.5 Å². The summed E-state index contributed by atoms with van der Waals surface area (Å²) in [4.78, 5) is 14.6. The van der Waals surface area contributed by atoms with E-state index in [0.717, 1.165) is 29.5 Å². The van der Waals surface area contributed by atoms with Crippen molar-refractivity contribution in [3.05, 3.63) is 80.1 Å². The van der Waals surface area contributed by atoms with Gasteiger partial charge >= 0.3 is 5.82 Å². The summed E-state index contributed by atoms with van der Waals surface area (Å²) in [6.45, 7) is 4.45. The summed E-state index contributed by atoms with van der Waals surface area (Å²) in [6, 6.07) is 5.76. The van der Waals surface area contributed by atoms with Gasteiger partial charge in [-0.3, -0.25) is 4.68 Å². The molecular formula is C21H18BrFN6O3S. The Kier molecular flexibility index (Phi) is 6.75. The first kappa shape index (κ1) is 22.9. The number of nitrogens with zero attached hydrogens (tertiary/aromatic N) is 6. The van der Waals surface area contributed by atoms with Crippen LogP contribution in [0.25, 0.3) is 11.3 Å². The van der Waals surface area contributed by atoms with E-state index in [-0.39, 0.29) is 5.75 Å². The van der Waals surface area contributed by atoms with Crippen LogP contribution in [0.1, 0.15) is 36.8 Å². The standard InChI is InChI=1S/C21H18BrFN6O3S/c1-3-28-11-13(9-25-28)6-18-20(27-33-26-18)16-5-4-15(23)8-17(16)12(2)32-19-7-14(22)10-24-21(19)29(30)31/h4-5,7-12H,3,6H2,1-2H3/t12-/m1/s1. The number of hydrogen-bond acceptors (Lipinski definition) is 8. The predicted molar refractivity (Wildman–Crippen MR) is 124 cm³/mol. The molecule has 0 saturated heterocycles. The van der Waals surface area contributed by atoms with Crippen molar-refractivity contribution < 1.29 is 14.1 Å². The third kappa shape index (κ3) is 5.06. The molecule has 0 unspecified atom stereocenters. The van der Waals surface area contributed by atoms with Gasteiger partial charge in [0.05, 0.1) is 28.1 Å². The van der Waals surface area contributed by atoms with Gasteiger partial charge in [0.25, 0.3) is 0 Å². The SMILES string of the molecule is CCn1cc(Cc2nsnc2-c2ccc(F)cc2[C@@H](C)Oc2cc(Br)cnc2[N+](=O)[O-])cn1. The van der Waals surface area contributed by atoms with Gasteiger partial charge in [0.15, 0.2) is 6.20 Å². The maximum absolute atomic E-state index is 14.2. The second-order valence-electron chi connectivity index (χ2n) is 7.16. The number of nitro groups is 1. The monoisotopic (exact) mass is 532 g/mol. The molecule has 9 nitrogen and oxygen atoms in total. The van der Waals surface area contributed by atoms with Crippen molar-refractivity contribution in [2.75, 3.05) is 0 Å². The van der Waals surface area contributed by atoms with Crippen LogP contribution in [0.2, 0.25) is 0 Å². The molecule has 12 heteroatoms. The van der Waals surface area contributed by atoms with Crippen molar-refractivity contribution in [3.8, 4) is 17.0 Å². The van der Waals surface area contributed by atoms with E-state index in [0.29, 0.717) is 27.7 Å². The minimum absolute atomic E-state index is 0.0271. The van der Waals surface area contributed by atoms with Gasteiger partial charge in [-0.05, 0) is 63.4 Å². The van der Waals surface area contributed by atoms with Crippen LogP contribution in [-0.4, -0.2) is 28.4 Å². The molecule has 0 bridgehead atoms. The third-order valence-electron chi connectivity index (χ3n) is 4.92. The van der Waals surface area contributed by atoms with E-state index in [4.69, 9.17) is 4.74 Å². The minimum Gasteiger partial charge on any atom is -0.478 e. The van der Waals surface area contributed by atoms with Gasteiger partial charge in [-0.1, -0.05) is 0 Å². The molecule has 1 atom stereocenters. The second-order valence-corrected chi connectivity index (χ2v) is 8.61. The fourth-order valence-corrected chi connectivity index (χ4v) is 4.25. The summed E-state index contributed by atoms with van der Waals surface area (Å²) in [5.41, 5.74) is 3.44. The molecular weight excluding hydrogens is 515 g/mol. The number of ether oxygens (including phenoxy) is 1. The highest BCUT2D eigenvalue weighted by Gasteiger charge is 2.24. The van der Waals surface area contributed by atoms with Crippen molar-refractivity contribution in [2.24, 2.45) is 0 Å². The number of pyridine rings is 1. The van der Waals surface area contributed by atoms with Gasteiger partial charge < -0.3 is 14.9 Å². The van der Waals surface area contributed by atoms with Crippen molar-refractivity contribution in [1.29, 1.82) is 0 Å². The lowest BCUT2D eigenvalue weighted by Crippen LogP contribution is -2.08. The molecule has 0 aliphatic carbocycles. The molecule has 0 N–H and O–H groups in total. The van der Waals surface area contributed by atoms with E-state index >= 15 is 0 Å². The summed E-state index contributed by atoms with van der Waals surface area (Å²) >= 11 is 4.31. The fraction of sp³-hybridized carbons (Fsp3) is 0.238. The van der Waals surface area contributed by atoms with Crippen LogP contribution in [0, 0.1) is 15.9 Å². The Balaban J connectivity index is 1.69. The van der Waals surface area contributed by atoms with Crippen LogP contribution in [0.5, 0.6) is 5.75 Å². The number of hydrogen-bond donors (Lipinski definition) is 0. The number of aryl methyl sites for hydroxylation is 1. The van der Waals surface area contributed by atoms with Gasteiger partial charge in [0.2, 0.25) is 5.75 Å². The maximum Gasteiger partial charge on any atom is 0.406 e. The quantitative estimate of drug-likeness (QED) is 0.222. The highest BCUT2D eigenvalue weighted by atomic mass is 79.9. The van der Waals surface area contributed by atoms with Gasteiger partial charge in [0.1, 0.15) is 17.6 Å². The van der Waals surface area contributed by atoms with Crippen molar-refractivity contribution in [2.45, 2.75) is 32.9 Å². The topological polar surface area (TPSA) is 109 Å². The van der Waals surface area contributed by atoms with Crippen LogP contribution in [0.4, 0.5) is 10.2 Å². The molecule has 0 spiro atoms. The molecule has 33 heavy (non-hydrogen) atoms. The Morgan fingerprint density at radius 2 is 2.12 bits per heavy atom. The average Bonchev–Trinajstić information content (AvgIpc) is 3.43. The van der Waals surface area contributed by atoms with Crippen LogP contribution in [0.3, 0.4) is 0 Å². The zero-order chi connectivity index (χ0) is 23.5. The number of benzene rings is 1. The Hall–Kier alpha value is -3.25. The zero-order valence-electron chi connectivity index (χ0n) is 17.6. The second kappa shape index (κ2) is 9.71. The van der Waals surface area contributed by atoms with E-state index in [1.54, 1.807) is 19.2 Å². The predicted octanol–water partition coefficient (Wildman–Crippen LogP) is 5.36. The normalized spacial score (nSPS) is 12.0. The highest BCUT2D eigenvalue weighted by molar-refractivity contribution is 9.10. The summed E-state index contributed by atoms with van der Waals surface area (Å²) < 4.78 is 31.3. The molecule has 1 aromatic carbocycles. The highest BCUT2D eigenvalue weighted by Crippen LogP contribution is 2.36. The molecule has 3 heterocycles. The van der Waals surface area contributed by atoms with Gasteiger partial charge in [-0.25, -0.2) is 4.39 Å². The molecule has 0 radical (unpaired) electrons. The van der Waals surface area contributed by atoms with E-state index in [2.05, 4.69) is 34.8 Å². The lowest BCUT2D eigenvalue weighted by Gasteiger charge is -2.18. The molecule has 0 aliphatic heterocycles. The van der Waals surface area contributed by atoms with Crippen LogP contribution in [-0.2, 0) is 13.0 Å². The summed E-state index contributed by atoms with van der Waals surface area (Å²) in [5, 5.41) is 15.7. The molecule has 0 amide bonds. The first-order valence-corrected chi connectivity index (χ1v) is 11.5. The largest absolute Gasteiger partial charge is 0.478 e. The summed E-state index contributed by atoms with van der Waals surface area (Å²) in [5.74, 6) is -0.910. The maximum atomic E-state index is 14.2. The zero-order valence-corrected chi connectivity index (χ0v) is 20.0. The van der Waals surface area contributed by atoms with Gasteiger partial charge in [-0.15, -0.1) is 0 Å². The van der Waals surface area contributed by atoms with Crippen LogP contribution in [0.15, 0.2) is 47.3 Å². The first-order chi connectivity index (χ1) is 15.9. The van der Waals surface area contributed by atoms with E-state index < -0.39 is 22.7 Å². The number of halogens is 2. The third-order valence-corrected chi connectivity index (χ3v) is 5.92. The van der Waals surface area contributed by atoms with E-state index in [1.165, 1.54) is 24.4 Å². The van der Waals surface area contributed by atoms with Gasteiger partial charge in [-0.2, -0.15) is 13.8 Å². The lowest BCUT2D eigenvalue weighted by atomic mass is 9.98. The van der Waals surface area contributed by atoms with Gasteiger partial charge in [0, 0.05) is 36.4 Å². The van der Waals surface area contributed by atoms with Crippen LogP contribution >= 0.6 is 27.7 Å². The Morgan fingerprint density at radius 1 is 1.30 bits per heavy atom. The van der Waals surface area contributed by atoms with Crippen molar-refractivity contribution in [3.63, 3.8) is 0 Å². The number of aromatic nitrogens is 5. The summed E-state index contributed by atoms with van der Waals surface area (Å²) in [6.07, 6.45) is 4.82. The fourth-order valence-electron chi connectivity index (χ4n) is 3.37. The molecule has 4 aromatic rings.